The van der Waals surface area contributed by atoms with Crippen molar-refractivity contribution < 1.29 is 17.4 Å². The Hall–Kier alpha value is -1.56. The van der Waals surface area contributed by atoms with E-state index in [-0.39, 0.29) is 23.5 Å². The largest absolute Gasteiger partial charge is 0.382 e. The molecule has 0 aliphatic heterocycles. The number of rotatable bonds is 10. The maximum atomic E-state index is 12.4. The van der Waals surface area contributed by atoms with Crippen LogP contribution in [-0.2, 0) is 21.5 Å². The molecule has 1 rings (SSSR count). The van der Waals surface area contributed by atoms with Crippen molar-refractivity contribution in [3.8, 4) is 5.75 Å². The van der Waals surface area contributed by atoms with E-state index in [0.717, 1.165) is 24.8 Å². The summed E-state index contributed by atoms with van der Waals surface area (Å²) in [7, 11) is -3.55. The number of benzene rings is 1. The second-order valence-corrected chi connectivity index (χ2v) is 8.01. The van der Waals surface area contributed by atoms with Crippen LogP contribution in [0.3, 0.4) is 0 Å². The van der Waals surface area contributed by atoms with Gasteiger partial charge < -0.3 is 9.08 Å². The third kappa shape index (κ3) is 6.91. The van der Waals surface area contributed by atoms with E-state index >= 15 is 0 Å². The lowest BCUT2D eigenvalue weighted by molar-refractivity contribution is -0.133. The highest BCUT2D eigenvalue weighted by molar-refractivity contribution is 7.87. The summed E-state index contributed by atoms with van der Waals surface area (Å²) in [4.78, 5) is 14.2. The van der Waals surface area contributed by atoms with Crippen LogP contribution < -0.4 is 4.18 Å². The van der Waals surface area contributed by atoms with E-state index in [9.17, 15) is 13.2 Å². The zero-order valence-corrected chi connectivity index (χ0v) is 15.9. The van der Waals surface area contributed by atoms with Gasteiger partial charge in [0.05, 0.1) is 5.75 Å². The molecular formula is C18H29NO4S. The van der Waals surface area contributed by atoms with Gasteiger partial charge in [-0.1, -0.05) is 31.9 Å². The predicted octanol–water partition coefficient (Wildman–Crippen LogP) is 3.73. The summed E-state index contributed by atoms with van der Waals surface area (Å²) in [6.45, 7) is 8.07. The van der Waals surface area contributed by atoms with Gasteiger partial charge in [0.1, 0.15) is 5.75 Å². The molecule has 0 saturated carbocycles. The van der Waals surface area contributed by atoms with Crippen LogP contribution in [0.2, 0.25) is 0 Å². The fraction of sp³-hybridized carbons (Fsp3) is 0.611. The summed E-state index contributed by atoms with van der Waals surface area (Å²) in [5, 5.41) is 0. The van der Waals surface area contributed by atoms with Gasteiger partial charge in [0.2, 0.25) is 5.91 Å². The molecule has 0 aliphatic rings. The van der Waals surface area contributed by atoms with E-state index in [1.807, 2.05) is 24.8 Å². The molecule has 0 aromatic heterocycles. The number of hydrogen-bond donors (Lipinski definition) is 0. The van der Waals surface area contributed by atoms with Gasteiger partial charge in [0, 0.05) is 19.0 Å². The molecule has 24 heavy (non-hydrogen) atoms. The highest BCUT2D eigenvalue weighted by Crippen LogP contribution is 2.19. The first-order valence-corrected chi connectivity index (χ1v) is 10.2. The molecule has 6 heteroatoms. The van der Waals surface area contributed by atoms with Gasteiger partial charge in [0.15, 0.2) is 0 Å². The first kappa shape index (κ1) is 20.5. The molecule has 0 atom stereocenters. The van der Waals surface area contributed by atoms with E-state index in [4.69, 9.17) is 4.18 Å². The fourth-order valence-corrected chi connectivity index (χ4v) is 2.84. The Morgan fingerprint density at radius 3 is 2.50 bits per heavy atom. The summed E-state index contributed by atoms with van der Waals surface area (Å²) >= 11 is 0. The molecular weight excluding hydrogens is 326 g/mol. The first-order chi connectivity index (χ1) is 11.3. The summed E-state index contributed by atoms with van der Waals surface area (Å²) < 4.78 is 28.2. The minimum Gasteiger partial charge on any atom is -0.382 e. The SMILES string of the molecule is CCCCCC(=O)N(Cc1cccc(OS(=O)(=O)CC)c1)C(C)C. The van der Waals surface area contributed by atoms with E-state index in [2.05, 4.69) is 6.92 Å². The van der Waals surface area contributed by atoms with Crippen LogP contribution in [0.25, 0.3) is 0 Å². The van der Waals surface area contributed by atoms with Crippen molar-refractivity contribution in [1.82, 2.24) is 4.90 Å². The Balaban J connectivity index is 2.82. The number of carbonyl (C=O) groups excluding carboxylic acids is 1. The zero-order valence-electron chi connectivity index (χ0n) is 15.1. The van der Waals surface area contributed by atoms with E-state index in [1.54, 1.807) is 18.2 Å². The monoisotopic (exact) mass is 355 g/mol. The molecule has 0 radical (unpaired) electrons. The summed E-state index contributed by atoms with van der Waals surface area (Å²) in [6.07, 6.45) is 3.58. The van der Waals surface area contributed by atoms with Gasteiger partial charge >= 0.3 is 10.1 Å². The highest BCUT2D eigenvalue weighted by atomic mass is 32.2. The molecule has 0 aliphatic carbocycles. The molecule has 5 nitrogen and oxygen atoms in total. The van der Waals surface area contributed by atoms with Crippen LogP contribution in [0.4, 0.5) is 0 Å². The smallest absolute Gasteiger partial charge is 0.308 e. The molecule has 136 valence electrons. The number of nitrogens with zero attached hydrogens (tertiary/aromatic N) is 1. The fourth-order valence-electron chi connectivity index (χ4n) is 2.33. The minimum atomic E-state index is -3.55. The number of amides is 1. The molecule has 0 fully saturated rings. The van der Waals surface area contributed by atoms with Gasteiger partial charge in [0.25, 0.3) is 0 Å². The van der Waals surface area contributed by atoms with E-state index < -0.39 is 10.1 Å². The lowest BCUT2D eigenvalue weighted by Gasteiger charge is -2.27. The van der Waals surface area contributed by atoms with E-state index in [0.29, 0.717) is 13.0 Å². The van der Waals surface area contributed by atoms with Gasteiger partial charge in [-0.05, 0) is 44.9 Å². The Labute approximate surface area is 146 Å². The average molecular weight is 356 g/mol. The van der Waals surface area contributed by atoms with Crippen molar-refractivity contribution in [2.45, 2.75) is 66.0 Å². The Morgan fingerprint density at radius 2 is 1.92 bits per heavy atom. The molecule has 0 unspecified atom stereocenters. The molecule has 0 heterocycles. The third-order valence-electron chi connectivity index (χ3n) is 3.77. The molecule has 0 N–H and O–H groups in total. The maximum Gasteiger partial charge on any atom is 0.308 e. The second-order valence-electron chi connectivity index (χ2n) is 6.15. The van der Waals surface area contributed by atoms with Crippen molar-refractivity contribution >= 4 is 16.0 Å². The topological polar surface area (TPSA) is 63.7 Å². The van der Waals surface area contributed by atoms with Crippen LogP contribution in [0, 0.1) is 0 Å². The maximum absolute atomic E-state index is 12.4. The van der Waals surface area contributed by atoms with Crippen LogP contribution >= 0.6 is 0 Å². The summed E-state index contributed by atoms with van der Waals surface area (Å²) in [5.74, 6) is 0.341. The van der Waals surface area contributed by atoms with Gasteiger partial charge in [-0.25, -0.2) is 0 Å². The van der Waals surface area contributed by atoms with Crippen molar-refractivity contribution in [2.24, 2.45) is 0 Å². The van der Waals surface area contributed by atoms with Crippen LogP contribution in [0.15, 0.2) is 24.3 Å². The quantitative estimate of drug-likeness (QED) is 0.474. The minimum absolute atomic E-state index is 0.0781. The highest BCUT2D eigenvalue weighted by Gasteiger charge is 2.17. The number of carbonyl (C=O) groups is 1. The summed E-state index contributed by atoms with van der Waals surface area (Å²) in [5.41, 5.74) is 0.858. The Bertz CT molecular complexity index is 626. The molecule has 0 saturated heterocycles. The van der Waals surface area contributed by atoms with Crippen molar-refractivity contribution in [2.75, 3.05) is 5.75 Å². The number of hydrogen-bond acceptors (Lipinski definition) is 4. The van der Waals surface area contributed by atoms with Crippen LogP contribution in [-0.4, -0.2) is 31.0 Å². The lowest BCUT2D eigenvalue weighted by atomic mass is 10.1. The second kappa shape index (κ2) is 9.67. The standard InChI is InChI=1S/C18H29NO4S/c1-5-7-8-12-18(20)19(15(3)4)14-16-10-9-11-17(13-16)23-24(21,22)6-2/h9-11,13,15H,5-8,12,14H2,1-4H3. The molecule has 0 spiro atoms. The lowest BCUT2D eigenvalue weighted by Crippen LogP contribution is -2.36. The average Bonchev–Trinajstić information content (AvgIpc) is 2.52. The Morgan fingerprint density at radius 1 is 1.21 bits per heavy atom. The normalized spacial score (nSPS) is 11.5. The van der Waals surface area contributed by atoms with Crippen molar-refractivity contribution in [1.29, 1.82) is 0 Å². The van der Waals surface area contributed by atoms with Gasteiger partial charge in [-0.2, -0.15) is 8.42 Å². The molecule has 1 aromatic rings. The van der Waals surface area contributed by atoms with Gasteiger partial charge in [-0.15, -0.1) is 0 Å². The van der Waals surface area contributed by atoms with Gasteiger partial charge in [-0.3, -0.25) is 4.79 Å². The van der Waals surface area contributed by atoms with E-state index in [1.165, 1.54) is 6.92 Å². The van der Waals surface area contributed by atoms with Crippen LogP contribution in [0.1, 0.15) is 58.9 Å². The number of unbranched alkanes of at least 4 members (excludes halogenated alkanes) is 2. The molecule has 1 amide bonds. The zero-order chi connectivity index (χ0) is 18.2. The molecule has 1 aromatic carbocycles. The predicted molar refractivity (Wildman–Crippen MR) is 96.4 cm³/mol. The van der Waals surface area contributed by atoms with Crippen molar-refractivity contribution in [3.63, 3.8) is 0 Å². The van der Waals surface area contributed by atoms with Crippen LogP contribution in [0.5, 0.6) is 5.75 Å². The van der Waals surface area contributed by atoms with Crippen molar-refractivity contribution in [3.05, 3.63) is 29.8 Å². The Kier molecular flexibility index (Phi) is 8.25. The summed E-state index contributed by atoms with van der Waals surface area (Å²) in [6, 6.07) is 7.00. The first-order valence-electron chi connectivity index (χ1n) is 8.59. The third-order valence-corrected chi connectivity index (χ3v) is 4.92. The molecule has 0 bridgehead atoms.